The van der Waals surface area contributed by atoms with Gasteiger partial charge in [0.25, 0.3) is 0 Å². The summed E-state index contributed by atoms with van der Waals surface area (Å²) in [6.07, 6.45) is 1.89. The molecule has 1 heterocycles. The summed E-state index contributed by atoms with van der Waals surface area (Å²) in [4.78, 5) is 24.4. The lowest BCUT2D eigenvalue weighted by molar-refractivity contribution is -0.145. The van der Waals surface area contributed by atoms with Crippen molar-refractivity contribution in [3.63, 3.8) is 0 Å². The second kappa shape index (κ2) is 4.32. The van der Waals surface area contributed by atoms with E-state index in [1.807, 2.05) is 24.3 Å². The minimum Gasteiger partial charge on any atom is -0.462 e. The molecule has 0 spiro atoms. The lowest BCUT2D eigenvalue weighted by atomic mass is 9.79. The zero-order valence-electron chi connectivity index (χ0n) is 10.7. The standard InChI is InChI=1S/C15H14BrNO3/c16-8-1-3-9(4-2-8)17-14(18)12-7-5-10-11(6-7)20-15(19)13(10)12/h1-4,7,10-13H,5-6H2,(H,17,18). The van der Waals surface area contributed by atoms with Gasteiger partial charge in [0.1, 0.15) is 6.10 Å². The highest BCUT2D eigenvalue weighted by atomic mass is 79.9. The van der Waals surface area contributed by atoms with Crippen LogP contribution in [0.15, 0.2) is 28.7 Å². The van der Waals surface area contributed by atoms with Crippen LogP contribution in [-0.2, 0) is 14.3 Å². The van der Waals surface area contributed by atoms with Crippen LogP contribution < -0.4 is 5.32 Å². The molecule has 3 fully saturated rings. The number of amides is 1. The average Bonchev–Trinajstić information content (AvgIpc) is 3.02. The van der Waals surface area contributed by atoms with Gasteiger partial charge in [0, 0.05) is 16.1 Å². The van der Waals surface area contributed by atoms with E-state index in [1.165, 1.54) is 0 Å². The number of rotatable bonds is 2. The van der Waals surface area contributed by atoms with E-state index < -0.39 is 0 Å². The van der Waals surface area contributed by atoms with Gasteiger partial charge in [0.05, 0.1) is 11.8 Å². The van der Waals surface area contributed by atoms with Gasteiger partial charge in [-0.1, -0.05) is 15.9 Å². The Bertz CT molecular complexity index is 583. The minimum absolute atomic E-state index is 0.0397. The van der Waals surface area contributed by atoms with Gasteiger partial charge in [-0.2, -0.15) is 0 Å². The van der Waals surface area contributed by atoms with Crippen LogP contribution in [0.2, 0.25) is 0 Å². The number of esters is 1. The van der Waals surface area contributed by atoms with Crippen molar-refractivity contribution in [3.05, 3.63) is 28.7 Å². The minimum atomic E-state index is -0.214. The Morgan fingerprint density at radius 1 is 1.25 bits per heavy atom. The van der Waals surface area contributed by atoms with E-state index >= 15 is 0 Å². The molecule has 4 nitrogen and oxygen atoms in total. The molecule has 0 aromatic heterocycles. The first kappa shape index (κ1) is 12.4. The van der Waals surface area contributed by atoms with Crippen LogP contribution in [0.3, 0.4) is 0 Å². The summed E-state index contributed by atoms with van der Waals surface area (Å²) < 4.78 is 6.33. The highest BCUT2D eigenvalue weighted by Crippen LogP contribution is 2.57. The second-order valence-corrected chi connectivity index (χ2v) is 6.83. The molecule has 1 aromatic carbocycles. The van der Waals surface area contributed by atoms with E-state index in [-0.39, 0.29) is 35.7 Å². The third-order valence-electron chi connectivity index (χ3n) is 4.90. The van der Waals surface area contributed by atoms with E-state index in [1.54, 1.807) is 0 Å². The van der Waals surface area contributed by atoms with Crippen LogP contribution in [0.25, 0.3) is 0 Å². The van der Waals surface area contributed by atoms with E-state index in [2.05, 4.69) is 21.2 Å². The Morgan fingerprint density at radius 2 is 2.00 bits per heavy atom. The maximum Gasteiger partial charge on any atom is 0.310 e. The third-order valence-corrected chi connectivity index (χ3v) is 5.43. The predicted octanol–water partition coefficient (Wildman–Crippen LogP) is 2.59. The van der Waals surface area contributed by atoms with Crippen LogP contribution >= 0.6 is 15.9 Å². The molecule has 1 aromatic rings. The topological polar surface area (TPSA) is 55.4 Å². The van der Waals surface area contributed by atoms with Gasteiger partial charge >= 0.3 is 5.97 Å². The fraction of sp³-hybridized carbons (Fsp3) is 0.467. The van der Waals surface area contributed by atoms with Gasteiger partial charge in [0.15, 0.2) is 0 Å². The van der Waals surface area contributed by atoms with Crippen LogP contribution in [0.4, 0.5) is 5.69 Å². The van der Waals surface area contributed by atoms with Crippen molar-refractivity contribution >= 4 is 33.5 Å². The molecule has 1 saturated heterocycles. The molecule has 2 bridgehead atoms. The first-order valence-corrected chi connectivity index (χ1v) is 7.70. The number of anilines is 1. The number of hydrogen-bond acceptors (Lipinski definition) is 3. The molecule has 104 valence electrons. The highest BCUT2D eigenvalue weighted by molar-refractivity contribution is 9.10. The largest absolute Gasteiger partial charge is 0.462 e. The number of fused-ring (bicyclic) bond motifs is 1. The zero-order valence-corrected chi connectivity index (χ0v) is 12.3. The maximum atomic E-state index is 12.5. The Morgan fingerprint density at radius 3 is 2.75 bits per heavy atom. The third kappa shape index (κ3) is 1.72. The van der Waals surface area contributed by atoms with Crippen molar-refractivity contribution in [2.45, 2.75) is 18.9 Å². The number of ether oxygens (including phenoxy) is 1. The highest BCUT2D eigenvalue weighted by Gasteiger charge is 2.63. The molecule has 5 atom stereocenters. The molecular formula is C15H14BrNO3. The molecule has 1 aliphatic heterocycles. The Kier molecular flexibility index (Phi) is 2.67. The summed E-state index contributed by atoms with van der Waals surface area (Å²) >= 11 is 3.36. The molecule has 2 aliphatic carbocycles. The Hall–Kier alpha value is -1.36. The second-order valence-electron chi connectivity index (χ2n) is 5.92. The zero-order chi connectivity index (χ0) is 13.9. The molecule has 3 aliphatic rings. The molecule has 2 saturated carbocycles. The lowest BCUT2D eigenvalue weighted by Crippen LogP contribution is -2.35. The molecule has 1 N–H and O–H groups in total. The van der Waals surface area contributed by atoms with Crippen molar-refractivity contribution in [1.82, 2.24) is 0 Å². The summed E-state index contributed by atoms with van der Waals surface area (Å²) in [7, 11) is 0. The summed E-state index contributed by atoms with van der Waals surface area (Å²) in [5, 5.41) is 2.93. The summed E-state index contributed by atoms with van der Waals surface area (Å²) in [5.74, 6) is -0.0627. The van der Waals surface area contributed by atoms with Gasteiger partial charge in [-0.3, -0.25) is 9.59 Å². The Labute approximate surface area is 125 Å². The number of halogens is 1. The van der Waals surface area contributed by atoms with E-state index in [0.29, 0.717) is 5.92 Å². The predicted molar refractivity (Wildman–Crippen MR) is 75.8 cm³/mol. The summed E-state index contributed by atoms with van der Waals surface area (Å²) in [5.41, 5.74) is 0.767. The van der Waals surface area contributed by atoms with Crippen molar-refractivity contribution < 1.29 is 14.3 Å². The van der Waals surface area contributed by atoms with Crippen LogP contribution in [0, 0.1) is 23.7 Å². The van der Waals surface area contributed by atoms with Gasteiger partial charge < -0.3 is 10.1 Å². The number of hydrogen-bond donors (Lipinski definition) is 1. The van der Waals surface area contributed by atoms with E-state index in [9.17, 15) is 9.59 Å². The quantitative estimate of drug-likeness (QED) is 0.845. The SMILES string of the molecule is O=C(Nc1ccc(Br)cc1)C1C2CC3OC(=O)C1C3C2. The number of carbonyl (C=O) groups is 2. The van der Waals surface area contributed by atoms with Crippen LogP contribution in [0.5, 0.6) is 0 Å². The average molecular weight is 336 g/mol. The molecule has 4 rings (SSSR count). The monoisotopic (exact) mass is 335 g/mol. The lowest BCUT2D eigenvalue weighted by Gasteiger charge is -2.23. The van der Waals surface area contributed by atoms with Gasteiger partial charge in [-0.05, 0) is 43.0 Å². The summed E-state index contributed by atoms with van der Waals surface area (Å²) in [6, 6.07) is 7.47. The van der Waals surface area contributed by atoms with Crippen molar-refractivity contribution in [2.75, 3.05) is 5.32 Å². The molecule has 1 amide bonds. The van der Waals surface area contributed by atoms with Crippen molar-refractivity contribution in [1.29, 1.82) is 0 Å². The fourth-order valence-electron chi connectivity index (χ4n) is 4.12. The van der Waals surface area contributed by atoms with Crippen LogP contribution in [-0.4, -0.2) is 18.0 Å². The van der Waals surface area contributed by atoms with Gasteiger partial charge in [0.2, 0.25) is 5.91 Å². The molecule has 5 heteroatoms. The van der Waals surface area contributed by atoms with E-state index in [0.717, 1.165) is 23.0 Å². The Balaban J connectivity index is 1.54. The fourth-order valence-corrected chi connectivity index (χ4v) is 4.39. The molecule has 0 radical (unpaired) electrons. The van der Waals surface area contributed by atoms with E-state index in [4.69, 9.17) is 4.74 Å². The maximum absolute atomic E-state index is 12.5. The van der Waals surface area contributed by atoms with Crippen molar-refractivity contribution in [3.8, 4) is 0 Å². The molecule has 20 heavy (non-hydrogen) atoms. The number of nitrogens with one attached hydrogen (secondary N) is 1. The first-order valence-electron chi connectivity index (χ1n) is 6.90. The number of benzene rings is 1. The van der Waals surface area contributed by atoms with Gasteiger partial charge in [-0.15, -0.1) is 0 Å². The summed E-state index contributed by atoms with van der Waals surface area (Å²) in [6.45, 7) is 0. The van der Waals surface area contributed by atoms with Crippen molar-refractivity contribution in [2.24, 2.45) is 23.7 Å². The van der Waals surface area contributed by atoms with Crippen LogP contribution in [0.1, 0.15) is 12.8 Å². The first-order chi connectivity index (χ1) is 9.63. The van der Waals surface area contributed by atoms with Gasteiger partial charge in [-0.25, -0.2) is 0 Å². The molecular weight excluding hydrogens is 322 g/mol. The number of carbonyl (C=O) groups excluding carboxylic acids is 2. The molecule has 5 unspecified atom stereocenters. The smallest absolute Gasteiger partial charge is 0.310 e. The normalized spacial score (nSPS) is 37.0.